The van der Waals surface area contributed by atoms with E-state index in [4.69, 9.17) is 10.5 Å². The van der Waals surface area contributed by atoms with Crippen LogP contribution in [-0.4, -0.2) is 52.0 Å². The molecule has 1 fully saturated rings. The molecular formula is C23H23N7O2. The predicted octanol–water partition coefficient (Wildman–Crippen LogP) is 2.70. The molecule has 9 nitrogen and oxygen atoms in total. The highest BCUT2D eigenvalue weighted by molar-refractivity contribution is 6.06. The fourth-order valence-corrected chi connectivity index (χ4v) is 3.87. The summed E-state index contributed by atoms with van der Waals surface area (Å²) in [6, 6.07) is 12.9. The standard InChI is InChI=1S/C23H23N7O2/c1-29-14-16-11-20(21(13-19(16)28-29)30-7-9-32-10-8-30)27-23(31)18-4-2-3-17(26-18)15-5-6-25-22(24)12-15/h2-6,11-14H,7-10H2,1H3,(H2,24,25)(H,27,31). The molecule has 1 amide bonds. The van der Waals surface area contributed by atoms with E-state index in [2.05, 4.69) is 25.3 Å². The Balaban J connectivity index is 1.48. The maximum Gasteiger partial charge on any atom is 0.274 e. The number of nitrogens with two attached hydrogens (primary N) is 1. The number of benzene rings is 1. The van der Waals surface area contributed by atoms with Crippen LogP contribution in [0.25, 0.3) is 22.2 Å². The molecule has 9 heteroatoms. The first-order chi connectivity index (χ1) is 15.6. The zero-order chi connectivity index (χ0) is 22.1. The summed E-state index contributed by atoms with van der Waals surface area (Å²) in [5.41, 5.74) is 10.1. The van der Waals surface area contributed by atoms with Gasteiger partial charge in [0.2, 0.25) is 0 Å². The maximum atomic E-state index is 13.2. The lowest BCUT2D eigenvalue weighted by molar-refractivity contribution is 0.102. The molecule has 4 heterocycles. The highest BCUT2D eigenvalue weighted by Gasteiger charge is 2.19. The Hall–Kier alpha value is -3.98. The number of morpholine rings is 1. The highest BCUT2D eigenvalue weighted by Crippen LogP contribution is 2.32. The fourth-order valence-electron chi connectivity index (χ4n) is 3.87. The minimum absolute atomic E-state index is 0.286. The second-order valence-corrected chi connectivity index (χ2v) is 7.66. The van der Waals surface area contributed by atoms with Crippen LogP contribution in [0, 0.1) is 0 Å². The van der Waals surface area contributed by atoms with Crippen molar-refractivity contribution in [3.05, 3.63) is 60.6 Å². The van der Waals surface area contributed by atoms with Gasteiger partial charge in [0.05, 0.1) is 35.8 Å². The molecule has 0 unspecified atom stereocenters. The number of amides is 1. The predicted molar refractivity (Wildman–Crippen MR) is 124 cm³/mol. The molecule has 1 aliphatic heterocycles. The van der Waals surface area contributed by atoms with Crippen LogP contribution in [0.2, 0.25) is 0 Å². The summed E-state index contributed by atoms with van der Waals surface area (Å²) < 4.78 is 7.26. The van der Waals surface area contributed by atoms with Gasteiger partial charge < -0.3 is 20.7 Å². The molecule has 3 N–H and O–H groups in total. The zero-order valence-corrected chi connectivity index (χ0v) is 17.7. The van der Waals surface area contributed by atoms with Gasteiger partial charge in [0.15, 0.2) is 0 Å². The van der Waals surface area contributed by atoms with Gasteiger partial charge in [-0.1, -0.05) is 6.07 Å². The molecule has 3 aromatic heterocycles. The molecule has 0 bridgehead atoms. The van der Waals surface area contributed by atoms with E-state index in [1.807, 2.05) is 37.5 Å². The second-order valence-electron chi connectivity index (χ2n) is 7.66. The minimum atomic E-state index is -0.286. The number of nitrogen functional groups attached to an aromatic ring is 1. The number of rotatable bonds is 4. The third-order valence-corrected chi connectivity index (χ3v) is 5.39. The van der Waals surface area contributed by atoms with Gasteiger partial charge in [-0.15, -0.1) is 0 Å². The lowest BCUT2D eigenvalue weighted by Crippen LogP contribution is -2.36. The van der Waals surface area contributed by atoms with Crippen molar-refractivity contribution in [1.82, 2.24) is 19.7 Å². The van der Waals surface area contributed by atoms with E-state index >= 15 is 0 Å². The molecule has 0 aliphatic carbocycles. The van der Waals surface area contributed by atoms with Gasteiger partial charge in [-0.25, -0.2) is 9.97 Å². The number of aryl methyl sites for hydroxylation is 1. The third kappa shape index (κ3) is 3.97. The lowest BCUT2D eigenvalue weighted by atomic mass is 10.1. The molecule has 4 aromatic rings. The molecular weight excluding hydrogens is 406 g/mol. The monoisotopic (exact) mass is 429 g/mol. The third-order valence-electron chi connectivity index (χ3n) is 5.39. The molecule has 1 aromatic carbocycles. The van der Waals surface area contributed by atoms with Crippen LogP contribution in [0.1, 0.15) is 10.5 Å². The highest BCUT2D eigenvalue weighted by atomic mass is 16.5. The molecule has 0 atom stereocenters. The molecule has 0 radical (unpaired) electrons. The Morgan fingerprint density at radius 2 is 2.00 bits per heavy atom. The fraction of sp³-hybridized carbons (Fsp3) is 0.217. The normalized spacial score (nSPS) is 14.0. The van der Waals surface area contributed by atoms with Crippen molar-refractivity contribution in [3.8, 4) is 11.3 Å². The largest absolute Gasteiger partial charge is 0.384 e. The summed E-state index contributed by atoms with van der Waals surface area (Å²) in [6.45, 7) is 2.79. The smallest absolute Gasteiger partial charge is 0.274 e. The summed E-state index contributed by atoms with van der Waals surface area (Å²) in [5, 5.41) is 8.53. The molecule has 1 saturated heterocycles. The number of nitrogens with zero attached hydrogens (tertiary/aromatic N) is 5. The van der Waals surface area contributed by atoms with Gasteiger partial charge in [0.1, 0.15) is 11.5 Å². The van der Waals surface area contributed by atoms with E-state index < -0.39 is 0 Å². The number of fused-ring (bicyclic) bond motifs is 1. The van der Waals surface area contributed by atoms with Crippen LogP contribution in [0.4, 0.5) is 17.2 Å². The van der Waals surface area contributed by atoms with Crippen molar-refractivity contribution in [2.75, 3.05) is 42.3 Å². The molecule has 0 spiro atoms. The number of pyridine rings is 2. The molecule has 32 heavy (non-hydrogen) atoms. The SMILES string of the molecule is Cn1cc2cc(NC(=O)c3cccc(-c4ccnc(N)c4)n3)c(N3CCOCC3)cc2n1. The molecule has 1 aliphatic rings. The van der Waals surface area contributed by atoms with Crippen LogP contribution in [0.3, 0.4) is 0 Å². The summed E-state index contributed by atoms with van der Waals surface area (Å²) in [5.74, 6) is 0.116. The number of ether oxygens (including phenoxy) is 1. The quantitative estimate of drug-likeness (QED) is 0.513. The number of hydrogen-bond acceptors (Lipinski definition) is 7. The first-order valence-corrected chi connectivity index (χ1v) is 10.4. The molecule has 0 saturated carbocycles. The summed E-state index contributed by atoms with van der Waals surface area (Å²) in [6.07, 6.45) is 3.55. The molecule has 162 valence electrons. The van der Waals surface area contributed by atoms with E-state index in [1.165, 1.54) is 0 Å². The van der Waals surface area contributed by atoms with E-state index in [-0.39, 0.29) is 5.91 Å². The lowest BCUT2D eigenvalue weighted by Gasteiger charge is -2.30. The van der Waals surface area contributed by atoms with Crippen molar-refractivity contribution >= 4 is 34.0 Å². The van der Waals surface area contributed by atoms with Crippen molar-refractivity contribution in [1.29, 1.82) is 0 Å². The van der Waals surface area contributed by atoms with E-state index in [0.717, 1.165) is 40.9 Å². The van der Waals surface area contributed by atoms with Crippen LogP contribution in [-0.2, 0) is 11.8 Å². The maximum absolute atomic E-state index is 13.2. The van der Waals surface area contributed by atoms with Crippen molar-refractivity contribution in [3.63, 3.8) is 0 Å². The first kappa shape index (κ1) is 20.0. The number of carbonyl (C=O) groups is 1. The van der Waals surface area contributed by atoms with Crippen LogP contribution >= 0.6 is 0 Å². The Kier molecular flexibility index (Phi) is 5.16. The van der Waals surface area contributed by atoms with Gasteiger partial charge in [0.25, 0.3) is 5.91 Å². The number of anilines is 3. The van der Waals surface area contributed by atoms with E-state index in [9.17, 15) is 4.79 Å². The van der Waals surface area contributed by atoms with Gasteiger partial charge >= 0.3 is 0 Å². The van der Waals surface area contributed by atoms with Gasteiger partial charge in [-0.3, -0.25) is 9.48 Å². The van der Waals surface area contributed by atoms with Crippen LogP contribution < -0.4 is 16.0 Å². The number of nitrogens with one attached hydrogen (secondary N) is 1. The number of hydrogen-bond donors (Lipinski definition) is 2. The zero-order valence-electron chi connectivity index (χ0n) is 17.7. The van der Waals surface area contributed by atoms with Crippen molar-refractivity contribution in [2.45, 2.75) is 0 Å². The Bertz CT molecular complexity index is 1290. The Morgan fingerprint density at radius 1 is 1.16 bits per heavy atom. The average molecular weight is 429 g/mol. The summed E-state index contributed by atoms with van der Waals surface area (Å²) in [7, 11) is 1.88. The second kappa shape index (κ2) is 8.27. The topological polar surface area (TPSA) is 111 Å². The minimum Gasteiger partial charge on any atom is -0.384 e. The van der Waals surface area contributed by atoms with Gasteiger partial charge in [-0.2, -0.15) is 5.10 Å². The van der Waals surface area contributed by atoms with E-state index in [0.29, 0.717) is 30.4 Å². The van der Waals surface area contributed by atoms with Crippen LogP contribution in [0.5, 0.6) is 0 Å². The number of aromatic nitrogens is 4. The average Bonchev–Trinajstić information content (AvgIpc) is 3.18. The first-order valence-electron chi connectivity index (χ1n) is 10.4. The number of carbonyl (C=O) groups excluding carboxylic acids is 1. The summed E-state index contributed by atoms with van der Waals surface area (Å²) >= 11 is 0. The van der Waals surface area contributed by atoms with Crippen molar-refractivity contribution in [2.24, 2.45) is 7.05 Å². The van der Waals surface area contributed by atoms with E-state index in [1.54, 1.807) is 29.1 Å². The van der Waals surface area contributed by atoms with Gasteiger partial charge in [-0.05, 0) is 36.4 Å². The summed E-state index contributed by atoms with van der Waals surface area (Å²) in [4.78, 5) is 23.9. The van der Waals surface area contributed by atoms with Gasteiger partial charge in [0, 0.05) is 43.5 Å². The molecule has 5 rings (SSSR count). The van der Waals surface area contributed by atoms with Crippen LogP contribution in [0.15, 0.2) is 54.9 Å². The van der Waals surface area contributed by atoms with Crippen molar-refractivity contribution < 1.29 is 9.53 Å². The Labute approximate surface area is 184 Å². The Morgan fingerprint density at radius 3 is 2.81 bits per heavy atom.